The van der Waals surface area contributed by atoms with Gasteiger partial charge >= 0.3 is 0 Å². The van der Waals surface area contributed by atoms with Crippen LogP contribution in [0.25, 0.3) is 0 Å². The highest BCUT2D eigenvalue weighted by molar-refractivity contribution is 5.02. The second-order valence-electron chi connectivity index (χ2n) is 2.15. The number of aliphatic hydroxyl groups is 1. The topological polar surface area (TPSA) is 29.5 Å². The third-order valence-corrected chi connectivity index (χ3v) is 1.12. The predicted molar refractivity (Wildman–Crippen MR) is 46.4 cm³/mol. The van der Waals surface area contributed by atoms with Crippen LogP contribution in [0.3, 0.4) is 0 Å². The van der Waals surface area contributed by atoms with E-state index in [2.05, 4.69) is 6.92 Å². The molecule has 0 bridgehead atoms. The Morgan fingerprint density at radius 2 is 2.18 bits per heavy atom. The summed E-state index contributed by atoms with van der Waals surface area (Å²) in [4.78, 5) is 0. The summed E-state index contributed by atoms with van der Waals surface area (Å²) in [6.07, 6.45) is 7.51. The van der Waals surface area contributed by atoms with E-state index in [0.29, 0.717) is 6.61 Å². The van der Waals surface area contributed by atoms with Crippen molar-refractivity contribution in [3.05, 3.63) is 24.2 Å². The van der Waals surface area contributed by atoms with Gasteiger partial charge in [0, 0.05) is 6.08 Å². The van der Waals surface area contributed by atoms with Crippen molar-refractivity contribution >= 4 is 0 Å². The van der Waals surface area contributed by atoms with E-state index in [4.69, 9.17) is 9.84 Å². The monoisotopic (exact) mass is 156 g/mol. The van der Waals surface area contributed by atoms with Gasteiger partial charge in [0.2, 0.25) is 0 Å². The fourth-order valence-electron chi connectivity index (χ4n) is 0.609. The molecule has 64 valence electrons. The van der Waals surface area contributed by atoms with E-state index in [1.165, 1.54) is 0 Å². The molecular weight excluding hydrogens is 140 g/mol. The normalized spacial score (nSPS) is 12.4. The number of unbranched alkanes of at least 4 members (excludes halogenated alkanes) is 1. The largest absolute Gasteiger partial charge is 0.481 e. The Hall–Kier alpha value is -0.920. The van der Waals surface area contributed by atoms with E-state index in [1.54, 1.807) is 12.2 Å². The van der Waals surface area contributed by atoms with Gasteiger partial charge in [-0.25, -0.2) is 0 Å². The maximum atomic E-state index is 8.94. The molecule has 0 atom stereocenters. The van der Waals surface area contributed by atoms with Gasteiger partial charge in [-0.15, -0.1) is 0 Å². The minimum Gasteiger partial charge on any atom is -0.481 e. The number of hydrogen-bond acceptors (Lipinski definition) is 2. The standard InChI is InChI=1S/C9H16O2/c1-3-5-6-7-8-9(10)11-4-2/h6-8,10H,3-5H2,1-2H3/b7-6-,9-8-. The quantitative estimate of drug-likeness (QED) is 0.490. The zero-order chi connectivity index (χ0) is 8.53. The van der Waals surface area contributed by atoms with E-state index in [0.717, 1.165) is 12.8 Å². The van der Waals surface area contributed by atoms with Crippen molar-refractivity contribution in [2.24, 2.45) is 0 Å². The third kappa shape index (κ3) is 6.97. The first-order valence-electron chi connectivity index (χ1n) is 3.99. The molecular formula is C9H16O2. The molecule has 0 rings (SSSR count). The van der Waals surface area contributed by atoms with Crippen molar-refractivity contribution in [3.8, 4) is 0 Å². The van der Waals surface area contributed by atoms with Crippen LogP contribution in [0.1, 0.15) is 26.7 Å². The zero-order valence-electron chi connectivity index (χ0n) is 7.21. The minimum atomic E-state index is -0.0140. The van der Waals surface area contributed by atoms with E-state index < -0.39 is 0 Å². The predicted octanol–water partition coefficient (Wildman–Crippen LogP) is 2.78. The molecule has 2 heteroatoms. The lowest BCUT2D eigenvalue weighted by molar-refractivity contribution is 0.103. The van der Waals surface area contributed by atoms with Crippen molar-refractivity contribution < 1.29 is 9.84 Å². The van der Waals surface area contributed by atoms with Gasteiger partial charge in [-0.1, -0.05) is 25.5 Å². The zero-order valence-corrected chi connectivity index (χ0v) is 7.21. The molecule has 0 heterocycles. The second-order valence-corrected chi connectivity index (χ2v) is 2.15. The molecule has 0 aromatic heterocycles. The minimum absolute atomic E-state index is 0.0140. The van der Waals surface area contributed by atoms with Gasteiger partial charge in [-0.3, -0.25) is 0 Å². The van der Waals surface area contributed by atoms with Crippen LogP contribution >= 0.6 is 0 Å². The highest BCUT2D eigenvalue weighted by Crippen LogP contribution is 1.93. The molecule has 0 aliphatic heterocycles. The Kier molecular flexibility index (Phi) is 6.59. The Morgan fingerprint density at radius 3 is 2.73 bits per heavy atom. The first-order valence-corrected chi connectivity index (χ1v) is 3.99. The fraction of sp³-hybridized carbons (Fsp3) is 0.556. The van der Waals surface area contributed by atoms with Crippen LogP contribution in [-0.4, -0.2) is 11.7 Å². The molecule has 0 amide bonds. The Labute approximate surface area is 68.2 Å². The second kappa shape index (κ2) is 7.19. The molecule has 0 radical (unpaired) electrons. The van der Waals surface area contributed by atoms with Crippen LogP contribution in [-0.2, 0) is 4.74 Å². The molecule has 0 spiro atoms. The van der Waals surface area contributed by atoms with Crippen LogP contribution in [0.15, 0.2) is 24.2 Å². The lowest BCUT2D eigenvalue weighted by atomic mass is 10.3. The molecule has 0 aliphatic carbocycles. The van der Waals surface area contributed by atoms with E-state index in [9.17, 15) is 0 Å². The molecule has 1 N–H and O–H groups in total. The highest BCUT2D eigenvalue weighted by atomic mass is 16.6. The summed E-state index contributed by atoms with van der Waals surface area (Å²) < 4.78 is 4.79. The summed E-state index contributed by atoms with van der Waals surface area (Å²) in [5.41, 5.74) is 0. The maximum Gasteiger partial charge on any atom is 0.276 e. The number of aliphatic hydroxyl groups excluding tert-OH is 1. The van der Waals surface area contributed by atoms with E-state index >= 15 is 0 Å². The van der Waals surface area contributed by atoms with Gasteiger partial charge in [0.25, 0.3) is 5.95 Å². The van der Waals surface area contributed by atoms with Crippen molar-refractivity contribution in [1.29, 1.82) is 0 Å². The molecule has 0 saturated carbocycles. The van der Waals surface area contributed by atoms with Gasteiger partial charge in [0.05, 0.1) is 6.61 Å². The summed E-state index contributed by atoms with van der Waals surface area (Å²) >= 11 is 0. The maximum absolute atomic E-state index is 8.94. The molecule has 0 aromatic rings. The molecule has 0 aromatic carbocycles. The summed E-state index contributed by atoms with van der Waals surface area (Å²) in [5.74, 6) is -0.0140. The third-order valence-electron chi connectivity index (χ3n) is 1.12. The average molecular weight is 156 g/mol. The molecule has 0 fully saturated rings. The molecule has 0 aliphatic rings. The van der Waals surface area contributed by atoms with Crippen LogP contribution in [0.4, 0.5) is 0 Å². The molecule has 2 nitrogen and oxygen atoms in total. The van der Waals surface area contributed by atoms with E-state index in [1.807, 2.05) is 13.0 Å². The first-order chi connectivity index (χ1) is 5.31. The van der Waals surface area contributed by atoms with Gasteiger partial charge in [0.1, 0.15) is 0 Å². The molecule has 0 unspecified atom stereocenters. The van der Waals surface area contributed by atoms with Gasteiger partial charge in [0.15, 0.2) is 0 Å². The summed E-state index contributed by atoms with van der Waals surface area (Å²) in [5, 5.41) is 8.94. The SMILES string of the molecule is CCC/C=C\C=C(\O)OCC. The Morgan fingerprint density at radius 1 is 1.45 bits per heavy atom. The highest BCUT2D eigenvalue weighted by Gasteiger charge is 1.84. The van der Waals surface area contributed by atoms with Crippen molar-refractivity contribution in [3.63, 3.8) is 0 Å². The fourth-order valence-corrected chi connectivity index (χ4v) is 0.609. The summed E-state index contributed by atoms with van der Waals surface area (Å²) in [6.45, 7) is 4.44. The Bertz CT molecular complexity index is 136. The lowest BCUT2D eigenvalue weighted by Crippen LogP contribution is -1.87. The number of ether oxygens (including phenoxy) is 1. The van der Waals surface area contributed by atoms with Gasteiger partial charge in [-0.2, -0.15) is 0 Å². The Balaban J connectivity index is 3.53. The van der Waals surface area contributed by atoms with Crippen molar-refractivity contribution in [2.45, 2.75) is 26.7 Å². The van der Waals surface area contributed by atoms with Crippen LogP contribution < -0.4 is 0 Å². The lowest BCUT2D eigenvalue weighted by Gasteiger charge is -1.96. The number of allylic oxidation sites excluding steroid dienone is 3. The van der Waals surface area contributed by atoms with Crippen molar-refractivity contribution in [1.82, 2.24) is 0 Å². The molecule has 11 heavy (non-hydrogen) atoms. The number of rotatable bonds is 5. The summed E-state index contributed by atoms with van der Waals surface area (Å²) in [6, 6.07) is 0. The van der Waals surface area contributed by atoms with Gasteiger partial charge < -0.3 is 9.84 Å². The van der Waals surface area contributed by atoms with Crippen LogP contribution in [0.2, 0.25) is 0 Å². The van der Waals surface area contributed by atoms with Gasteiger partial charge in [-0.05, 0) is 13.3 Å². The first kappa shape index (κ1) is 10.1. The van der Waals surface area contributed by atoms with E-state index in [-0.39, 0.29) is 5.95 Å². The van der Waals surface area contributed by atoms with Crippen LogP contribution in [0.5, 0.6) is 0 Å². The van der Waals surface area contributed by atoms with Crippen LogP contribution in [0, 0.1) is 0 Å². The molecule has 0 saturated heterocycles. The number of hydrogen-bond donors (Lipinski definition) is 1. The average Bonchev–Trinajstić information content (AvgIpc) is 1.99. The van der Waals surface area contributed by atoms with Crippen molar-refractivity contribution in [2.75, 3.05) is 6.61 Å². The summed E-state index contributed by atoms with van der Waals surface area (Å²) in [7, 11) is 0. The smallest absolute Gasteiger partial charge is 0.276 e.